The molecule has 2 fully saturated rings. The first-order chi connectivity index (χ1) is 17.2. The Kier molecular flexibility index (Phi) is 7.12. The van der Waals surface area contributed by atoms with E-state index in [1.807, 2.05) is 31.2 Å². The Morgan fingerprint density at radius 1 is 1.14 bits per heavy atom. The monoisotopic (exact) mass is 530 g/mol. The summed E-state index contributed by atoms with van der Waals surface area (Å²) in [6.07, 6.45) is 5.53. The molecule has 0 saturated heterocycles. The highest BCUT2D eigenvalue weighted by Gasteiger charge is 2.42. The molecule has 0 radical (unpaired) electrons. The van der Waals surface area contributed by atoms with Gasteiger partial charge in [0, 0.05) is 19.1 Å². The molecule has 1 heterocycles. The Morgan fingerprint density at radius 3 is 2.64 bits per heavy atom. The van der Waals surface area contributed by atoms with Gasteiger partial charge in [-0.2, -0.15) is 4.31 Å². The van der Waals surface area contributed by atoms with Crippen LogP contribution in [0.1, 0.15) is 54.1 Å². The van der Waals surface area contributed by atoms with E-state index in [9.17, 15) is 18.0 Å². The van der Waals surface area contributed by atoms with Crippen molar-refractivity contribution in [2.24, 2.45) is 17.8 Å². The Hall–Kier alpha value is -2.42. The molecule has 192 valence electrons. The average molecular weight is 531 g/mol. The second kappa shape index (κ2) is 10.1. The second-order valence-corrected chi connectivity index (χ2v) is 12.6. The van der Waals surface area contributed by atoms with Gasteiger partial charge >= 0.3 is 5.97 Å². The summed E-state index contributed by atoms with van der Waals surface area (Å²) in [6, 6.07) is 11.8. The number of rotatable bonds is 7. The number of halogens is 1. The lowest BCUT2D eigenvalue weighted by Crippen LogP contribution is -2.42. The SMILES string of the molecule is C[C@@H](NC(=O)COC(=O)c1cc(S(=O)(=O)N2CCc3ccccc3C2)ccc1Cl)[C@H]1C[C@H]2CC[C@H]1C2. The molecule has 1 aliphatic heterocycles. The van der Waals surface area contributed by atoms with Crippen molar-refractivity contribution in [1.82, 2.24) is 9.62 Å². The standard InChI is InChI=1S/C27H31ClN2O5S/c1-17(23-13-18-6-7-20(23)12-18)29-26(31)16-35-27(32)24-14-22(8-9-25(24)28)36(33,34)30-11-10-19-4-2-3-5-21(19)15-30/h2-5,8-9,14,17-18,20,23H,6-7,10-13,15-16H2,1H3,(H,29,31)/t17-,18+,20+,23-/m1/s1. The summed E-state index contributed by atoms with van der Waals surface area (Å²) in [4.78, 5) is 25.2. The molecule has 9 heteroatoms. The molecule has 2 aromatic carbocycles. The largest absolute Gasteiger partial charge is 0.452 e. The summed E-state index contributed by atoms with van der Waals surface area (Å²) in [5.74, 6) is 0.725. The van der Waals surface area contributed by atoms with Crippen molar-refractivity contribution < 1.29 is 22.7 Å². The molecule has 1 N–H and O–H groups in total. The molecule has 1 amide bonds. The maximum absolute atomic E-state index is 13.3. The molecule has 4 atom stereocenters. The molecule has 5 rings (SSSR count). The number of esters is 1. The van der Waals surface area contributed by atoms with Crippen LogP contribution in [-0.2, 0) is 32.5 Å². The molecule has 7 nitrogen and oxygen atoms in total. The number of nitrogens with one attached hydrogen (secondary N) is 1. The normalized spacial score (nSPS) is 24.2. The highest BCUT2D eigenvalue weighted by Crippen LogP contribution is 2.49. The van der Waals surface area contributed by atoms with E-state index in [2.05, 4.69) is 5.32 Å². The fourth-order valence-electron chi connectivity index (χ4n) is 6.16. The van der Waals surface area contributed by atoms with Crippen molar-refractivity contribution in [1.29, 1.82) is 0 Å². The number of hydrogen-bond acceptors (Lipinski definition) is 5. The van der Waals surface area contributed by atoms with Gasteiger partial charge < -0.3 is 10.1 Å². The van der Waals surface area contributed by atoms with Crippen molar-refractivity contribution in [3.63, 3.8) is 0 Å². The lowest BCUT2D eigenvalue weighted by molar-refractivity contribution is -0.125. The third-order valence-electron chi connectivity index (χ3n) is 8.05. The first-order valence-electron chi connectivity index (χ1n) is 12.6. The summed E-state index contributed by atoms with van der Waals surface area (Å²) in [5, 5.41) is 3.03. The van der Waals surface area contributed by atoms with E-state index in [4.69, 9.17) is 16.3 Å². The van der Waals surface area contributed by atoms with Crippen molar-refractivity contribution in [3.8, 4) is 0 Å². The van der Waals surface area contributed by atoms with Gasteiger partial charge in [0.2, 0.25) is 10.0 Å². The van der Waals surface area contributed by atoms with E-state index in [1.54, 1.807) is 0 Å². The van der Waals surface area contributed by atoms with Gasteiger partial charge in [-0.05, 0) is 79.7 Å². The van der Waals surface area contributed by atoms with Crippen LogP contribution in [-0.4, -0.2) is 43.8 Å². The van der Waals surface area contributed by atoms with Crippen LogP contribution in [0.4, 0.5) is 0 Å². The number of amides is 1. The van der Waals surface area contributed by atoms with E-state index in [1.165, 1.54) is 41.8 Å². The third-order valence-corrected chi connectivity index (χ3v) is 10.2. The Balaban J connectivity index is 1.22. The number of benzene rings is 2. The topological polar surface area (TPSA) is 92.8 Å². The lowest BCUT2D eigenvalue weighted by Gasteiger charge is -2.28. The highest BCUT2D eigenvalue weighted by molar-refractivity contribution is 7.89. The zero-order valence-corrected chi connectivity index (χ0v) is 21.9. The van der Waals surface area contributed by atoms with Gasteiger partial charge in [-0.25, -0.2) is 13.2 Å². The molecule has 36 heavy (non-hydrogen) atoms. The summed E-state index contributed by atoms with van der Waals surface area (Å²) in [6.45, 7) is 2.18. The van der Waals surface area contributed by atoms with Gasteiger partial charge in [0.1, 0.15) is 0 Å². The van der Waals surface area contributed by atoms with E-state index in [-0.39, 0.29) is 34.0 Å². The van der Waals surface area contributed by atoms with E-state index < -0.39 is 22.6 Å². The molecule has 2 saturated carbocycles. The molecule has 2 bridgehead atoms. The quantitative estimate of drug-likeness (QED) is 0.542. The van der Waals surface area contributed by atoms with E-state index in [0.29, 0.717) is 24.8 Å². The zero-order chi connectivity index (χ0) is 25.4. The van der Waals surface area contributed by atoms with Crippen LogP contribution in [0.25, 0.3) is 0 Å². The minimum absolute atomic E-state index is 0.0261. The number of sulfonamides is 1. The molecule has 0 unspecified atom stereocenters. The first kappa shape index (κ1) is 25.2. The number of carbonyl (C=O) groups is 2. The van der Waals surface area contributed by atoms with E-state index >= 15 is 0 Å². The fourth-order valence-corrected chi connectivity index (χ4v) is 7.80. The van der Waals surface area contributed by atoms with Gasteiger partial charge in [-0.1, -0.05) is 42.3 Å². The van der Waals surface area contributed by atoms with Crippen molar-refractivity contribution in [2.75, 3.05) is 13.2 Å². The van der Waals surface area contributed by atoms with Gasteiger partial charge in [0.15, 0.2) is 6.61 Å². The molecule has 2 aliphatic carbocycles. The fraction of sp³-hybridized carbons (Fsp3) is 0.481. The second-order valence-electron chi connectivity index (χ2n) is 10.3. The van der Waals surface area contributed by atoms with Crippen LogP contribution in [0.15, 0.2) is 47.4 Å². The summed E-state index contributed by atoms with van der Waals surface area (Å²) < 4.78 is 33.2. The summed E-state index contributed by atoms with van der Waals surface area (Å²) in [7, 11) is -3.85. The van der Waals surface area contributed by atoms with Crippen molar-refractivity contribution >= 4 is 33.5 Å². The van der Waals surface area contributed by atoms with Crippen LogP contribution in [0.2, 0.25) is 5.02 Å². The Bertz CT molecular complexity index is 1280. The average Bonchev–Trinajstić information content (AvgIpc) is 3.51. The smallest absolute Gasteiger partial charge is 0.340 e. The van der Waals surface area contributed by atoms with Gasteiger partial charge in [0.25, 0.3) is 5.91 Å². The Morgan fingerprint density at radius 2 is 1.92 bits per heavy atom. The Labute approximate surface area is 217 Å². The number of fused-ring (bicyclic) bond motifs is 3. The molecule has 3 aliphatic rings. The zero-order valence-electron chi connectivity index (χ0n) is 20.3. The molecular weight excluding hydrogens is 500 g/mol. The number of carbonyl (C=O) groups excluding carboxylic acids is 2. The summed E-state index contributed by atoms with van der Waals surface area (Å²) >= 11 is 6.21. The minimum atomic E-state index is -3.85. The van der Waals surface area contributed by atoms with Gasteiger partial charge in [0.05, 0.1) is 15.5 Å². The lowest BCUT2D eigenvalue weighted by atomic mass is 9.84. The third kappa shape index (κ3) is 5.04. The predicted octanol–water partition coefficient (Wildman–Crippen LogP) is 4.18. The first-order valence-corrected chi connectivity index (χ1v) is 14.4. The molecular formula is C27H31ClN2O5S. The van der Waals surface area contributed by atoms with Crippen molar-refractivity contribution in [2.45, 2.75) is 56.5 Å². The van der Waals surface area contributed by atoms with Crippen LogP contribution in [0.5, 0.6) is 0 Å². The van der Waals surface area contributed by atoms with Crippen molar-refractivity contribution in [3.05, 3.63) is 64.2 Å². The molecule has 0 aromatic heterocycles. The minimum Gasteiger partial charge on any atom is -0.452 e. The predicted molar refractivity (Wildman–Crippen MR) is 136 cm³/mol. The van der Waals surface area contributed by atoms with Crippen LogP contribution < -0.4 is 5.32 Å². The maximum Gasteiger partial charge on any atom is 0.340 e. The van der Waals surface area contributed by atoms with Crippen LogP contribution >= 0.6 is 11.6 Å². The molecule has 2 aromatic rings. The van der Waals surface area contributed by atoms with Gasteiger partial charge in [-0.3, -0.25) is 4.79 Å². The highest BCUT2D eigenvalue weighted by atomic mass is 35.5. The van der Waals surface area contributed by atoms with E-state index in [0.717, 1.165) is 23.5 Å². The summed E-state index contributed by atoms with van der Waals surface area (Å²) in [5.41, 5.74) is 2.02. The molecule has 0 spiro atoms. The maximum atomic E-state index is 13.3. The van der Waals surface area contributed by atoms with Crippen LogP contribution in [0.3, 0.4) is 0 Å². The number of nitrogens with zero attached hydrogens (tertiary/aromatic N) is 1. The number of hydrogen-bond donors (Lipinski definition) is 1. The number of ether oxygens (including phenoxy) is 1. The van der Waals surface area contributed by atoms with Crippen LogP contribution in [0, 0.1) is 17.8 Å². The van der Waals surface area contributed by atoms with Gasteiger partial charge in [-0.15, -0.1) is 0 Å².